The summed E-state index contributed by atoms with van der Waals surface area (Å²) in [4.78, 5) is 0. The standard InChI is InChI=1S/C16H16FNO3/c1-19-16-5-3-12(8-14(16)18)20-9-13-7-10-6-11(17)2-4-15(10)21-13/h2-6,8,13H,7,9,18H2,1H3. The Hall–Kier alpha value is -2.43. The molecule has 0 aliphatic carbocycles. The van der Waals surface area contributed by atoms with E-state index in [1.54, 1.807) is 31.4 Å². The molecule has 1 heterocycles. The number of hydrogen-bond acceptors (Lipinski definition) is 4. The summed E-state index contributed by atoms with van der Waals surface area (Å²) in [5.74, 6) is 1.74. The quantitative estimate of drug-likeness (QED) is 0.879. The van der Waals surface area contributed by atoms with E-state index in [0.29, 0.717) is 30.2 Å². The molecule has 5 heteroatoms. The van der Waals surface area contributed by atoms with Crippen molar-refractivity contribution in [2.75, 3.05) is 19.5 Å². The molecule has 0 saturated carbocycles. The Morgan fingerprint density at radius 2 is 2.14 bits per heavy atom. The first-order valence-corrected chi connectivity index (χ1v) is 6.67. The lowest BCUT2D eigenvalue weighted by Gasteiger charge is -2.13. The van der Waals surface area contributed by atoms with E-state index < -0.39 is 0 Å². The van der Waals surface area contributed by atoms with Crippen molar-refractivity contribution in [3.05, 3.63) is 47.8 Å². The fraction of sp³-hybridized carbons (Fsp3) is 0.250. The van der Waals surface area contributed by atoms with Gasteiger partial charge < -0.3 is 19.9 Å². The molecule has 110 valence electrons. The lowest BCUT2D eigenvalue weighted by atomic mass is 10.1. The normalized spacial score (nSPS) is 16.2. The van der Waals surface area contributed by atoms with E-state index in [0.717, 1.165) is 11.3 Å². The van der Waals surface area contributed by atoms with Crippen LogP contribution < -0.4 is 19.9 Å². The Morgan fingerprint density at radius 1 is 1.29 bits per heavy atom. The van der Waals surface area contributed by atoms with Crippen molar-refractivity contribution >= 4 is 5.69 Å². The highest BCUT2D eigenvalue weighted by Gasteiger charge is 2.23. The minimum Gasteiger partial charge on any atom is -0.495 e. The summed E-state index contributed by atoms with van der Waals surface area (Å²) in [6.07, 6.45) is 0.517. The van der Waals surface area contributed by atoms with Crippen LogP contribution in [0.1, 0.15) is 5.56 Å². The third-order valence-corrected chi connectivity index (χ3v) is 3.40. The molecule has 2 aromatic carbocycles. The summed E-state index contributed by atoms with van der Waals surface area (Å²) in [6.45, 7) is 0.377. The van der Waals surface area contributed by atoms with Crippen molar-refractivity contribution in [3.63, 3.8) is 0 Å². The Kier molecular flexibility index (Phi) is 3.56. The number of rotatable bonds is 4. The molecular weight excluding hydrogens is 273 g/mol. The predicted molar refractivity (Wildman–Crippen MR) is 77.4 cm³/mol. The van der Waals surface area contributed by atoms with Gasteiger partial charge in [0, 0.05) is 18.1 Å². The summed E-state index contributed by atoms with van der Waals surface area (Å²) in [7, 11) is 1.56. The lowest BCUT2D eigenvalue weighted by Crippen LogP contribution is -2.22. The van der Waals surface area contributed by atoms with E-state index in [2.05, 4.69) is 0 Å². The molecule has 1 unspecified atom stereocenters. The Labute approximate surface area is 122 Å². The van der Waals surface area contributed by atoms with E-state index in [4.69, 9.17) is 19.9 Å². The van der Waals surface area contributed by atoms with Crippen LogP contribution in [0.4, 0.5) is 10.1 Å². The fourth-order valence-corrected chi connectivity index (χ4v) is 2.37. The van der Waals surface area contributed by atoms with Crippen LogP contribution in [0.5, 0.6) is 17.2 Å². The maximum absolute atomic E-state index is 13.1. The third-order valence-electron chi connectivity index (χ3n) is 3.40. The Morgan fingerprint density at radius 3 is 2.90 bits per heavy atom. The topological polar surface area (TPSA) is 53.7 Å². The number of hydrogen-bond donors (Lipinski definition) is 1. The Bertz CT molecular complexity index is 660. The van der Waals surface area contributed by atoms with E-state index in [1.165, 1.54) is 12.1 Å². The molecular formula is C16H16FNO3. The highest BCUT2D eigenvalue weighted by molar-refractivity contribution is 5.56. The third kappa shape index (κ3) is 2.86. The SMILES string of the molecule is COc1ccc(OCC2Cc3cc(F)ccc3O2)cc1N. The molecule has 3 rings (SSSR count). The van der Waals surface area contributed by atoms with Gasteiger partial charge in [0.05, 0.1) is 12.8 Å². The molecule has 0 aromatic heterocycles. The van der Waals surface area contributed by atoms with Crippen LogP contribution in [-0.4, -0.2) is 19.8 Å². The first kappa shape index (κ1) is 13.5. The highest BCUT2D eigenvalue weighted by Crippen LogP contribution is 2.30. The van der Waals surface area contributed by atoms with Crippen molar-refractivity contribution in [1.82, 2.24) is 0 Å². The van der Waals surface area contributed by atoms with Crippen LogP contribution in [0, 0.1) is 5.82 Å². The second-order valence-corrected chi connectivity index (χ2v) is 4.91. The van der Waals surface area contributed by atoms with Crippen molar-refractivity contribution < 1.29 is 18.6 Å². The second kappa shape index (κ2) is 5.52. The number of halogens is 1. The van der Waals surface area contributed by atoms with Crippen LogP contribution >= 0.6 is 0 Å². The summed E-state index contributed by atoms with van der Waals surface area (Å²) in [5.41, 5.74) is 7.22. The maximum atomic E-state index is 13.1. The average molecular weight is 289 g/mol. The van der Waals surface area contributed by atoms with Gasteiger partial charge in [0.25, 0.3) is 0 Å². The van der Waals surface area contributed by atoms with Crippen molar-refractivity contribution in [3.8, 4) is 17.2 Å². The number of methoxy groups -OCH3 is 1. The van der Waals surface area contributed by atoms with Crippen molar-refractivity contribution in [1.29, 1.82) is 0 Å². The molecule has 1 aliphatic rings. The number of fused-ring (bicyclic) bond motifs is 1. The number of benzene rings is 2. The average Bonchev–Trinajstić information content (AvgIpc) is 2.87. The lowest BCUT2D eigenvalue weighted by molar-refractivity contribution is 0.148. The van der Waals surface area contributed by atoms with Crippen molar-refractivity contribution in [2.24, 2.45) is 0 Å². The van der Waals surface area contributed by atoms with Gasteiger partial charge in [0.1, 0.15) is 35.8 Å². The monoisotopic (exact) mass is 289 g/mol. The minimum atomic E-state index is -0.248. The summed E-state index contributed by atoms with van der Waals surface area (Å²) in [6, 6.07) is 9.80. The van der Waals surface area contributed by atoms with Crippen LogP contribution in [0.3, 0.4) is 0 Å². The molecule has 2 aromatic rings. The first-order chi connectivity index (χ1) is 10.2. The summed E-state index contributed by atoms with van der Waals surface area (Å²) >= 11 is 0. The van der Waals surface area contributed by atoms with Gasteiger partial charge in [0.15, 0.2) is 0 Å². The molecule has 0 saturated heterocycles. The number of ether oxygens (including phenoxy) is 3. The van der Waals surface area contributed by atoms with Crippen LogP contribution in [-0.2, 0) is 6.42 Å². The minimum absolute atomic E-state index is 0.120. The first-order valence-electron chi connectivity index (χ1n) is 6.67. The second-order valence-electron chi connectivity index (χ2n) is 4.91. The number of anilines is 1. The van der Waals surface area contributed by atoms with Crippen molar-refractivity contribution in [2.45, 2.75) is 12.5 Å². The van der Waals surface area contributed by atoms with Crippen LogP contribution in [0.25, 0.3) is 0 Å². The molecule has 0 bridgehead atoms. The van der Waals surface area contributed by atoms with Gasteiger partial charge >= 0.3 is 0 Å². The zero-order valence-corrected chi connectivity index (χ0v) is 11.6. The largest absolute Gasteiger partial charge is 0.495 e. The maximum Gasteiger partial charge on any atom is 0.142 e. The van der Waals surface area contributed by atoms with Crippen LogP contribution in [0.2, 0.25) is 0 Å². The zero-order chi connectivity index (χ0) is 14.8. The Balaban J connectivity index is 1.61. The molecule has 1 aliphatic heterocycles. The van der Waals surface area contributed by atoms with Gasteiger partial charge in [-0.15, -0.1) is 0 Å². The number of nitrogen functional groups attached to an aromatic ring is 1. The van der Waals surface area contributed by atoms with E-state index in [9.17, 15) is 4.39 Å². The summed E-state index contributed by atoms with van der Waals surface area (Å²) in [5, 5.41) is 0. The van der Waals surface area contributed by atoms with Gasteiger partial charge in [-0.05, 0) is 30.3 Å². The smallest absolute Gasteiger partial charge is 0.142 e. The fourth-order valence-electron chi connectivity index (χ4n) is 2.37. The molecule has 21 heavy (non-hydrogen) atoms. The van der Waals surface area contributed by atoms with Gasteiger partial charge in [-0.1, -0.05) is 0 Å². The zero-order valence-electron chi connectivity index (χ0n) is 11.6. The number of nitrogens with two attached hydrogens (primary N) is 1. The highest BCUT2D eigenvalue weighted by atomic mass is 19.1. The predicted octanol–water partition coefficient (Wildman–Crippen LogP) is 2.80. The molecule has 2 N–H and O–H groups in total. The molecule has 4 nitrogen and oxygen atoms in total. The van der Waals surface area contributed by atoms with Crippen LogP contribution in [0.15, 0.2) is 36.4 Å². The van der Waals surface area contributed by atoms with E-state index in [1.807, 2.05) is 0 Å². The molecule has 0 spiro atoms. The molecule has 0 radical (unpaired) electrons. The van der Waals surface area contributed by atoms with Gasteiger partial charge in [-0.2, -0.15) is 0 Å². The van der Waals surface area contributed by atoms with Gasteiger partial charge in [-0.3, -0.25) is 0 Å². The van der Waals surface area contributed by atoms with E-state index >= 15 is 0 Å². The summed E-state index contributed by atoms with van der Waals surface area (Å²) < 4.78 is 29.6. The van der Waals surface area contributed by atoms with Gasteiger partial charge in [-0.25, -0.2) is 4.39 Å². The molecule has 0 fully saturated rings. The van der Waals surface area contributed by atoms with Gasteiger partial charge in [0.2, 0.25) is 0 Å². The molecule has 1 atom stereocenters. The molecule has 0 amide bonds. The van der Waals surface area contributed by atoms with E-state index in [-0.39, 0.29) is 11.9 Å².